The fourth-order valence-electron chi connectivity index (χ4n) is 4.38. The third-order valence-electron chi connectivity index (χ3n) is 6.19. The van der Waals surface area contributed by atoms with Crippen LogP contribution in [0.1, 0.15) is 23.8 Å². The third kappa shape index (κ3) is 4.42. The summed E-state index contributed by atoms with van der Waals surface area (Å²) >= 11 is 1.74. The topological polar surface area (TPSA) is 104 Å². The summed E-state index contributed by atoms with van der Waals surface area (Å²) in [6.45, 7) is 4.83. The molecule has 1 unspecified atom stereocenters. The molecule has 9 nitrogen and oxygen atoms in total. The van der Waals surface area contributed by atoms with Gasteiger partial charge in [-0.05, 0) is 42.0 Å². The Morgan fingerprint density at radius 3 is 2.44 bits per heavy atom. The van der Waals surface area contributed by atoms with Gasteiger partial charge >= 0.3 is 0 Å². The predicted octanol–water partition coefficient (Wildman–Crippen LogP) is 2.33. The Balaban J connectivity index is 1.39. The molecule has 0 bridgehead atoms. The average molecular weight is 479 g/mol. The molecule has 2 aliphatic rings. The molecule has 4 rings (SSSR count). The van der Waals surface area contributed by atoms with Crippen molar-refractivity contribution in [3.05, 3.63) is 56.3 Å². The Labute approximate surface area is 191 Å². The van der Waals surface area contributed by atoms with Crippen LogP contribution in [0.25, 0.3) is 0 Å². The number of rotatable bonds is 6. The van der Waals surface area contributed by atoms with Crippen LogP contribution in [0.5, 0.6) is 0 Å². The molecule has 1 fully saturated rings. The van der Waals surface area contributed by atoms with Crippen molar-refractivity contribution in [3.63, 3.8) is 0 Å². The quantitative estimate of drug-likeness (QED) is 0.466. The van der Waals surface area contributed by atoms with Gasteiger partial charge in [0.1, 0.15) is 0 Å². The SMILES string of the molecule is CCC(C(=O)N1CCc2sccc2C1)N1CCN(S(=O)(=O)c2ccc([N+](=O)[O-])cc2)CC1. The summed E-state index contributed by atoms with van der Waals surface area (Å²) in [5.41, 5.74) is 1.08. The Morgan fingerprint density at radius 1 is 1.12 bits per heavy atom. The lowest BCUT2D eigenvalue weighted by Gasteiger charge is -2.40. The number of hydrogen-bond acceptors (Lipinski definition) is 7. The molecule has 0 radical (unpaired) electrons. The van der Waals surface area contributed by atoms with Crippen LogP contribution in [0.2, 0.25) is 0 Å². The number of nitro groups is 1. The van der Waals surface area contributed by atoms with Gasteiger partial charge in [-0.15, -0.1) is 11.3 Å². The molecule has 1 aromatic heterocycles. The maximum Gasteiger partial charge on any atom is 0.269 e. The van der Waals surface area contributed by atoms with E-state index in [0.717, 1.165) is 13.0 Å². The fourth-order valence-corrected chi connectivity index (χ4v) is 6.69. The van der Waals surface area contributed by atoms with Gasteiger partial charge in [-0.1, -0.05) is 6.92 Å². The van der Waals surface area contributed by atoms with E-state index in [4.69, 9.17) is 0 Å². The van der Waals surface area contributed by atoms with E-state index in [-0.39, 0.29) is 35.6 Å². The van der Waals surface area contributed by atoms with Crippen LogP contribution in [0.3, 0.4) is 0 Å². The number of nitrogens with zero attached hydrogens (tertiary/aromatic N) is 4. The van der Waals surface area contributed by atoms with Crippen LogP contribution in [-0.2, 0) is 27.8 Å². The van der Waals surface area contributed by atoms with E-state index in [1.54, 1.807) is 11.3 Å². The van der Waals surface area contributed by atoms with Crippen LogP contribution in [0.15, 0.2) is 40.6 Å². The normalized spacial score (nSPS) is 18.8. The highest BCUT2D eigenvalue weighted by molar-refractivity contribution is 7.89. The molecule has 172 valence electrons. The van der Waals surface area contributed by atoms with Crippen molar-refractivity contribution in [3.8, 4) is 0 Å². The predicted molar refractivity (Wildman–Crippen MR) is 121 cm³/mol. The summed E-state index contributed by atoms with van der Waals surface area (Å²) in [5, 5.41) is 12.9. The first-order valence-corrected chi connectivity index (χ1v) is 13.0. The van der Waals surface area contributed by atoms with Crippen LogP contribution in [0, 0.1) is 10.1 Å². The number of sulfonamides is 1. The third-order valence-corrected chi connectivity index (χ3v) is 9.13. The van der Waals surface area contributed by atoms with E-state index in [1.165, 1.54) is 39.0 Å². The molecule has 32 heavy (non-hydrogen) atoms. The number of carbonyl (C=O) groups excluding carboxylic acids is 1. The zero-order valence-corrected chi connectivity index (χ0v) is 19.5. The maximum atomic E-state index is 13.2. The highest BCUT2D eigenvalue weighted by Gasteiger charge is 2.35. The number of amides is 1. The van der Waals surface area contributed by atoms with E-state index < -0.39 is 14.9 Å². The number of thiophene rings is 1. The molecular weight excluding hydrogens is 452 g/mol. The lowest BCUT2D eigenvalue weighted by Crippen LogP contribution is -2.56. The van der Waals surface area contributed by atoms with Crippen LogP contribution in [0.4, 0.5) is 5.69 Å². The van der Waals surface area contributed by atoms with Crippen molar-refractivity contribution >= 4 is 33.0 Å². The zero-order chi connectivity index (χ0) is 22.9. The molecule has 11 heteroatoms. The number of piperazine rings is 1. The molecule has 0 saturated carbocycles. The number of carbonyl (C=O) groups is 1. The minimum absolute atomic E-state index is 0.0413. The van der Waals surface area contributed by atoms with Gasteiger partial charge in [0, 0.05) is 56.3 Å². The molecule has 0 aliphatic carbocycles. The molecule has 3 heterocycles. The fraction of sp³-hybridized carbons (Fsp3) is 0.476. The number of non-ortho nitro benzene ring substituents is 1. The number of hydrogen-bond donors (Lipinski definition) is 0. The van der Waals surface area contributed by atoms with Crippen molar-refractivity contribution in [2.24, 2.45) is 0 Å². The second-order valence-corrected chi connectivity index (χ2v) is 10.9. The van der Waals surface area contributed by atoms with Crippen molar-refractivity contribution in [1.82, 2.24) is 14.1 Å². The first-order valence-electron chi connectivity index (χ1n) is 10.6. The Bertz CT molecular complexity index is 1090. The van der Waals surface area contributed by atoms with Crippen molar-refractivity contribution in [1.29, 1.82) is 0 Å². The molecule has 1 aromatic carbocycles. The van der Waals surface area contributed by atoms with Crippen LogP contribution < -0.4 is 0 Å². The minimum atomic E-state index is -3.74. The molecule has 1 atom stereocenters. The maximum absolute atomic E-state index is 13.2. The zero-order valence-electron chi connectivity index (χ0n) is 17.8. The van der Waals surface area contributed by atoms with Crippen molar-refractivity contribution < 1.29 is 18.1 Å². The molecule has 1 amide bonds. The first kappa shape index (κ1) is 22.8. The molecule has 0 N–H and O–H groups in total. The van der Waals surface area contributed by atoms with Crippen LogP contribution >= 0.6 is 11.3 Å². The smallest absolute Gasteiger partial charge is 0.269 e. The van der Waals surface area contributed by atoms with E-state index in [0.29, 0.717) is 26.1 Å². The Morgan fingerprint density at radius 2 is 1.81 bits per heavy atom. The lowest BCUT2D eigenvalue weighted by molar-refractivity contribution is -0.384. The summed E-state index contributed by atoms with van der Waals surface area (Å²) in [7, 11) is -3.74. The second-order valence-electron chi connectivity index (χ2n) is 7.99. The van der Waals surface area contributed by atoms with Crippen LogP contribution in [-0.4, -0.2) is 72.1 Å². The second kappa shape index (κ2) is 9.26. The van der Waals surface area contributed by atoms with E-state index >= 15 is 0 Å². The lowest BCUT2D eigenvalue weighted by atomic mass is 10.1. The standard InChI is InChI=1S/C21H26N4O5S2/c1-2-19(21(26)23-9-7-20-16(15-23)8-14-31-20)22-10-12-24(13-11-22)32(29,30)18-5-3-17(4-6-18)25(27)28/h3-6,8,14,19H,2,7,9-13,15H2,1H3. The first-order chi connectivity index (χ1) is 15.3. The number of nitro benzene ring substituents is 1. The molecule has 0 spiro atoms. The van der Waals surface area contributed by atoms with E-state index in [1.807, 2.05) is 11.8 Å². The summed E-state index contributed by atoms with van der Waals surface area (Å²) in [5.74, 6) is 0.107. The number of fused-ring (bicyclic) bond motifs is 1. The van der Waals surface area contributed by atoms with Gasteiger partial charge in [0.2, 0.25) is 15.9 Å². The molecule has 2 aromatic rings. The summed E-state index contributed by atoms with van der Waals surface area (Å²) in [4.78, 5) is 28.9. The molecular formula is C21H26N4O5S2. The minimum Gasteiger partial charge on any atom is -0.337 e. The Hall–Kier alpha value is -2.34. The van der Waals surface area contributed by atoms with Gasteiger partial charge in [-0.25, -0.2) is 8.42 Å². The van der Waals surface area contributed by atoms with Gasteiger partial charge in [0.25, 0.3) is 5.69 Å². The summed E-state index contributed by atoms with van der Waals surface area (Å²) in [6.07, 6.45) is 1.55. The molecule has 1 saturated heterocycles. The highest BCUT2D eigenvalue weighted by Crippen LogP contribution is 2.26. The van der Waals surface area contributed by atoms with E-state index in [2.05, 4.69) is 16.3 Å². The molecule has 2 aliphatic heterocycles. The van der Waals surface area contributed by atoms with Gasteiger partial charge in [-0.2, -0.15) is 4.31 Å². The van der Waals surface area contributed by atoms with Gasteiger partial charge < -0.3 is 4.90 Å². The average Bonchev–Trinajstić information content (AvgIpc) is 3.28. The Kier molecular flexibility index (Phi) is 6.61. The van der Waals surface area contributed by atoms with Gasteiger partial charge in [0.15, 0.2) is 0 Å². The monoisotopic (exact) mass is 478 g/mol. The van der Waals surface area contributed by atoms with Crippen molar-refractivity contribution in [2.45, 2.75) is 37.2 Å². The van der Waals surface area contributed by atoms with E-state index in [9.17, 15) is 23.3 Å². The number of benzene rings is 1. The summed E-state index contributed by atoms with van der Waals surface area (Å²) in [6, 6.07) is 6.76. The summed E-state index contributed by atoms with van der Waals surface area (Å²) < 4.78 is 27.3. The highest BCUT2D eigenvalue weighted by atomic mass is 32.2. The van der Waals surface area contributed by atoms with Crippen molar-refractivity contribution in [2.75, 3.05) is 32.7 Å². The van der Waals surface area contributed by atoms with Gasteiger partial charge in [0.05, 0.1) is 15.9 Å². The van der Waals surface area contributed by atoms with Gasteiger partial charge in [-0.3, -0.25) is 19.8 Å². The largest absolute Gasteiger partial charge is 0.337 e.